The standard InChI is InChI=1S/C10H18/c1-6-8(3)10(5)9(4)7-2/h6,8H,1,7H2,2-5H3. The van der Waals surface area contributed by atoms with Gasteiger partial charge in [-0.3, -0.25) is 0 Å². The van der Waals surface area contributed by atoms with E-state index >= 15 is 0 Å². The summed E-state index contributed by atoms with van der Waals surface area (Å²) >= 11 is 0. The molecule has 0 aliphatic carbocycles. The summed E-state index contributed by atoms with van der Waals surface area (Å²) in [6.07, 6.45) is 3.15. The van der Waals surface area contributed by atoms with Gasteiger partial charge in [-0.05, 0) is 26.2 Å². The third-order valence-corrected chi connectivity index (χ3v) is 2.24. The van der Waals surface area contributed by atoms with Gasteiger partial charge in [-0.1, -0.05) is 31.1 Å². The zero-order chi connectivity index (χ0) is 8.15. The molecule has 0 fully saturated rings. The zero-order valence-electron chi connectivity index (χ0n) is 7.57. The first-order chi connectivity index (χ1) is 4.63. The summed E-state index contributed by atoms with van der Waals surface area (Å²) in [6.45, 7) is 12.5. The van der Waals surface area contributed by atoms with Crippen molar-refractivity contribution in [2.45, 2.75) is 34.1 Å². The highest BCUT2D eigenvalue weighted by atomic mass is 14.1. The largest absolute Gasteiger partial charge is 0.102 e. The maximum atomic E-state index is 3.76. The minimum atomic E-state index is 0.542. The van der Waals surface area contributed by atoms with E-state index in [4.69, 9.17) is 0 Å². The van der Waals surface area contributed by atoms with Crippen LogP contribution in [0.4, 0.5) is 0 Å². The smallest absolute Gasteiger partial charge is 0.00545 e. The van der Waals surface area contributed by atoms with Gasteiger partial charge in [0.05, 0.1) is 0 Å². The summed E-state index contributed by atoms with van der Waals surface area (Å²) in [5.41, 5.74) is 2.96. The van der Waals surface area contributed by atoms with Crippen molar-refractivity contribution in [2.24, 2.45) is 5.92 Å². The Bertz CT molecular complexity index is 140. The van der Waals surface area contributed by atoms with Crippen molar-refractivity contribution in [2.75, 3.05) is 0 Å². The topological polar surface area (TPSA) is 0 Å². The summed E-state index contributed by atoms with van der Waals surface area (Å²) in [5.74, 6) is 0.542. The van der Waals surface area contributed by atoms with Crippen LogP contribution in [0.2, 0.25) is 0 Å². The molecule has 0 nitrogen and oxygen atoms in total. The second-order valence-corrected chi connectivity index (χ2v) is 2.84. The van der Waals surface area contributed by atoms with Crippen molar-refractivity contribution in [3.05, 3.63) is 23.8 Å². The predicted octanol–water partition coefficient (Wildman–Crippen LogP) is 3.55. The highest BCUT2D eigenvalue weighted by Gasteiger charge is 2.00. The molecule has 0 aromatic carbocycles. The first-order valence-corrected chi connectivity index (χ1v) is 3.92. The van der Waals surface area contributed by atoms with E-state index in [-0.39, 0.29) is 0 Å². The average Bonchev–Trinajstić information content (AvgIpc) is 2.00. The van der Waals surface area contributed by atoms with E-state index in [1.54, 1.807) is 0 Å². The van der Waals surface area contributed by atoms with E-state index < -0.39 is 0 Å². The van der Waals surface area contributed by atoms with Gasteiger partial charge in [0.2, 0.25) is 0 Å². The van der Waals surface area contributed by atoms with Crippen LogP contribution in [0.5, 0.6) is 0 Å². The molecule has 0 heterocycles. The molecule has 0 aromatic rings. The molecule has 0 bridgehead atoms. The maximum absolute atomic E-state index is 3.76. The van der Waals surface area contributed by atoms with Gasteiger partial charge in [0.1, 0.15) is 0 Å². The first kappa shape index (κ1) is 9.48. The molecule has 0 spiro atoms. The minimum Gasteiger partial charge on any atom is -0.102 e. The molecule has 1 atom stereocenters. The lowest BCUT2D eigenvalue weighted by atomic mass is 9.97. The molecule has 0 amide bonds. The van der Waals surface area contributed by atoms with Crippen LogP contribution >= 0.6 is 0 Å². The van der Waals surface area contributed by atoms with Crippen molar-refractivity contribution in [1.29, 1.82) is 0 Å². The van der Waals surface area contributed by atoms with Gasteiger partial charge in [0.25, 0.3) is 0 Å². The van der Waals surface area contributed by atoms with Crippen molar-refractivity contribution in [1.82, 2.24) is 0 Å². The number of allylic oxidation sites excluding steroid dienone is 3. The van der Waals surface area contributed by atoms with Crippen LogP contribution in [0.25, 0.3) is 0 Å². The molecule has 0 heteroatoms. The van der Waals surface area contributed by atoms with E-state index in [1.165, 1.54) is 11.1 Å². The molecule has 10 heavy (non-hydrogen) atoms. The summed E-state index contributed by atoms with van der Waals surface area (Å²) < 4.78 is 0. The van der Waals surface area contributed by atoms with Crippen molar-refractivity contribution in [3.8, 4) is 0 Å². The summed E-state index contributed by atoms with van der Waals surface area (Å²) in [6, 6.07) is 0. The lowest BCUT2D eigenvalue weighted by molar-refractivity contribution is 0.831. The summed E-state index contributed by atoms with van der Waals surface area (Å²) in [5, 5.41) is 0. The average molecular weight is 138 g/mol. The molecule has 0 aromatic heterocycles. The summed E-state index contributed by atoms with van der Waals surface area (Å²) in [4.78, 5) is 0. The second-order valence-electron chi connectivity index (χ2n) is 2.84. The molecule has 0 saturated carbocycles. The molecule has 0 saturated heterocycles. The number of rotatable bonds is 3. The Morgan fingerprint density at radius 2 is 2.00 bits per heavy atom. The van der Waals surface area contributed by atoms with Crippen LogP contribution in [-0.2, 0) is 0 Å². The van der Waals surface area contributed by atoms with Gasteiger partial charge in [0, 0.05) is 0 Å². The van der Waals surface area contributed by atoms with Gasteiger partial charge >= 0.3 is 0 Å². The highest BCUT2D eigenvalue weighted by molar-refractivity contribution is 5.15. The van der Waals surface area contributed by atoms with Crippen LogP contribution in [0.15, 0.2) is 23.8 Å². The third kappa shape index (κ3) is 2.38. The Morgan fingerprint density at radius 3 is 2.30 bits per heavy atom. The Hall–Kier alpha value is -0.520. The second kappa shape index (κ2) is 4.32. The van der Waals surface area contributed by atoms with Gasteiger partial charge in [0.15, 0.2) is 0 Å². The summed E-state index contributed by atoms with van der Waals surface area (Å²) in [7, 11) is 0. The zero-order valence-corrected chi connectivity index (χ0v) is 7.57. The monoisotopic (exact) mass is 138 g/mol. The van der Waals surface area contributed by atoms with E-state index in [2.05, 4.69) is 34.3 Å². The van der Waals surface area contributed by atoms with Crippen molar-refractivity contribution in [3.63, 3.8) is 0 Å². The van der Waals surface area contributed by atoms with E-state index in [9.17, 15) is 0 Å². The molecular weight excluding hydrogens is 120 g/mol. The molecule has 0 N–H and O–H groups in total. The fourth-order valence-electron chi connectivity index (χ4n) is 0.844. The molecule has 0 rings (SSSR count). The Morgan fingerprint density at radius 1 is 1.50 bits per heavy atom. The van der Waals surface area contributed by atoms with Crippen molar-refractivity contribution < 1.29 is 0 Å². The fraction of sp³-hybridized carbons (Fsp3) is 0.600. The Kier molecular flexibility index (Phi) is 4.10. The predicted molar refractivity (Wildman–Crippen MR) is 48.0 cm³/mol. The van der Waals surface area contributed by atoms with Crippen LogP contribution in [0.3, 0.4) is 0 Å². The molecule has 0 aliphatic heterocycles. The third-order valence-electron chi connectivity index (χ3n) is 2.24. The van der Waals surface area contributed by atoms with Crippen LogP contribution in [-0.4, -0.2) is 0 Å². The van der Waals surface area contributed by atoms with Gasteiger partial charge in [-0.2, -0.15) is 0 Å². The van der Waals surface area contributed by atoms with E-state index in [1.807, 2.05) is 6.08 Å². The maximum Gasteiger partial charge on any atom is -0.00545 e. The quantitative estimate of drug-likeness (QED) is 0.523. The van der Waals surface area contributed by atoms with Gasteiger partial charge in [-0.15, -0.1) is 6.58 Å². The fourth-order valence-corrected chi connectivity index (χ4v) is 0.844. The Balaban J connectivity index is 4.29. The van der Waals surface area contributed by atoms with Crippen molar-refractivity contribution >= 4 is 0 Å². The normalized spacial score (nSPS) is 16.0. The lowest BCUT2D eigenvalue weighted by Gasteiger charge is -2.09. The molecule has 58 valence electrons. The van der Waals surface area contributed by atoms with E-state index in [0.717, 1.165) is 6.42 Å². The number of hydrogen-bond donors (Lipinski definition) is 0. The van der Waals surface area contributed by atoms with Crippen LogP contribution < -0.4 is 0 Å². The minimum absolute atomic E-state index is 0.542. The Labute approximate surface area is 64.6 Å². The molecule has 1 unspecified atom stereocenters. The highest BCUT2D eigenvalue weighted by Crippen LogP contribution is 2.16. The lowest BCUT2D eigenvalue weighted by Crippen LogP contribution is -1.93. The number of hydrogen-bond acceptors (Lipinski definition) is 0. The molecule has 0 radical (unpaired) electrons. The van der Waals surface area contributed by atoms with Gasteiger partial charge < -0.3 is 0 Å². The SMILES string of the molecule is C=CC(C)C(C)=C(C)CC. The van der Waals surface area contributed by atoms with Crippen LogP contribution in [0, 0.1) is 5.92 Å². The first-order valence-electron chi connectivity index (χ1n) is 3.92. The molecule has 0 aliphatic rings. The van der Waals surface area contributed by atoms with Crippen LogP contribution in [0.1, 0.15) is 34.1 Å². The molecular formula is C10H18. The van der Waals surface area contributed by atoms with E-state index in [0.29, 0.717) is 5.92 Å². The van der Waals surface area contributed by atoms with Gasteiger partial charge in [-0.25, -0.2) is 0 Å².